The van der Waals surface area contributed by atoms with Gasteiger partial charge in [0, 0.05) is 24.3 Å². The Balaban J connectivity index is 3.39. The molecule has 0 heterocycles. The van der Waals surface area contributed by atoms with Gasteiger partial charge >= 0.3 is 0 Å². The van der Waals surface area contributed by atoms with E-state index in [0.29, 0.717) is 0 Å². The van der Waals surface area contributed by atoms with Crippen LogP contribution in [0.1, 0.15) is 42.3 Å². The maximum Gasteiger partial charge on any atom is 0.162 e. The minimum absolute atomic E-state index is 0.152. The fourth-order valence-electron chi connectivity index (χ4n) is 2.22. The zero-order valence-corrected chi connectivity index (χ0v) is 10.9. The van der Waals surface area contributed by atoms with Gasteiger partial charge in [0.25, 0.3) is 0 Å². The maximum absolute atomic E-state index is 11.7. The summed E-state index contributed by atoms with van der Waals surface area (Å²) in [6.07, 6.45) is 0. The number of carbonyl (C=O) groups is 1. The highest BCUT2D eigenvalue weighted by atomic mass is 16.1. The summed E-state index contributed by atoms with van der Waals surface area (Å²) in [5, 5.41) is 0. The van der Waals surface area contributed by atoms with Gasteiger partial charge in [0.1, 0.15) is 0 Å². The molecule has 0 N–H and O–H groups in total. The molecule has 0 saturated heterocycles. The van der Waals surface area contributed by atoms with Crippen molar-refractivity contribution in [3.8, 4) is 0 Å². The van der Waals surface area contributed by atoms with E-state index >= 15 is 0 Å². The zero-order valence-electron chi connectivity index (χ0n) is 10.9. The lowest BCUT2D eigenvalue weighted by Gasteiger charge is -2.25. The predicted molar refractivity (Wildman–Crippen MR) is 69.5 cm³/mol. The fraction of sp³-hybridized carbons (Fsp3) is 0.500. The Bertz CT molecular complexity index is 392. The Morgan fingerprint density at radius 3 is 2.19 bits per heavy atom. The van der Waals surface area contributed by atoms with E-state index in [0.717, 1.165) is 29.9 Å². The van der Waals surface area contributed by atoms with E-state index in [1.54, 1.807) is 6.92 Å². The Kier molecular flexibility index (Phi) is 4.11. The zero-order chi connectivity index (χ0) is 12.3. The van der Waals surface area contributed by atoms with Crippen LogP contribution >= 0.6 is 0 Å². The molecule has 1 aromatic rings. The van der Waals surface area contributed by atoms with Crippen LogP contribution in [0, 0.1) is 13.8 Å². The number of nitrogens with zero attached hydrogens (tertiary/aromatic N) is 1. The largest absolute Gasteiger partial charge is 0.371 e. The van der Waals surface area contributed by atoms with E-state index in [4.69, 9.17) is 0 Å². The summed E-state index contributed by atoms with van der Waals surface area (Å²) >= 11 is 0. The third kappa shape index (κ3) is 2.43. The van der Waals surface area contributed by atoms with E-state index in [2.05, 4.69) is 37.8 Å². The minimum Gasteiger partial charge on any atom is -0.371 e. The number of rotatable bonds is 4. The molecule has 0 spiro atoms. The second kappa shape index (κ2) is 5.15. The third-order valence-corrected chi connectivity index (χ3v) is 2.92. The molecule has 1 rings (SSSR count). The summed E-state index contributed by atoms with van der Waals surface area (Å²) in [6.45, 7) is 11.8. The van der Waals surface area contributed by atoms with Crippen molar-refractivity contribution in [3.63, 3.8) is 0 Å². The summed E-state index contributed by atoms with van der Waals surface area (Å²) in [6, 6.07) is 4.18. The molecule has 2 heteroatoms. The average Bonchev–Trinajstić information content (AvgIpc) is 2.17. The Morgan fingerprint density at radius 1 is 1.19 bits per heavy atom. The molecule has 0 aromatic heterocycles. The van der Waals surface area contributed by atoms with Crippen molar-refractivity contribution in [3.05, 3.63) is 28.8 Å². The number of anilines is 1. The lowest BCUT2D eigenvalue weighted by atomic mass is 9.99. The molecule has 2 nitrogen and oxygen atoms in total. The first-order valence-electron chi connectivity index (χ1n) is 5.88. The monoisotopic (exact) mass is 219 g/mol. The van der Waals surface area contributed by atoms with Crippen LogP contribution in [0.2, 0.25) is 0 Å². The number of carbonyl (C=O) groups excluding carboxylic acids is 1. The number of aryl methyl sites for hydroxylation is 2. The van der Waals surface area contributed by atoms with Crippen LogP contribution in [0.4, 0.5) is 5.69 Å². The second-order valence-corrected chi connectivity index (χ2v) is 4.20. The molecule has 0 amide bonds. The van der Waals surface area contributed by atoms with Crippen LogP contribution in [0.5, 0.6) is 0 Å². The van der Waals surface area contributed by atoms with Crippen molar-refractivity contribution in [2.45, 2.75) is 34.6 Å². The van der Waals surface area contributed by atoms with Crippen LogP contribution < -0.4 is 4.90 Å². The Morgan fingerprint density at radius 2 is 1.75 bits per heavy atom. The first-order valence-corrected chi connectivity index (χ1v) is 5.88. The van der Waals surface area contributed by atoms with Gasteiger partial charge < -0.3 is 4.90 Å². The van der Waals surface area contributed by atoms with Crippen molar-refractivity contribution in [2.24, 2.45) is 0 Å². The van der Waals surface area contributed by atoms with Gasteiger partial charge in [-0.2, -0.15) is 0 Å². The van der Waals surface area contributed by atoms with Gasteiger partial charge in [0.15, 0.2) is 5.78 Å². The molecule has 0 aliphatic heterocycles. The van der Waals surface area contributed by atoms with Crippen molar-refractivity contribution >= 4 is 11.5 Å². The van der Waals surface area contributed by atoms with Gasteiger partial charge in [-0.15, -0.1) is 0 Å². The molecule has 0 fully saturated rings. The quantitative estimate of drug-likeness (QED) is 0.724. The number of hydrogen-bond acceptors (Lipinski definition) is 2. The minimum atomic E-state index is 0.152. The van der Waals surface area contributed by atoms with Gasteiger partial charge in [-0.3, -0.25) is 4.79 Å². The maximum atomic E-state index is 11.7. The van der Waals surface area contributed by atoms with Crippen molar-refractivity contribution in [2.75, 3.05) is 18.0 Å². The lowest BCUT2D eigenvalue weighted by Crippen LogP contribution is -2.24. The van der Waals surface area contributed by atoms with Gasteiger partial charge in [0.2, 0.25) is 0 Å². The van der Waals surface area contributed by atoms with Gasteiger partial charge in [0.05, 0.1) is 0 Å². The summed E-state index contributed by atoms with van der Waals surface area (Å²) in [5.41, 5.74) is 4.24. The molecule has 0 saturated carbocycles. The average molecular weight is 219 g/mol. The van der Waals surface area contributed by atoms with E-state index in [-0.39, 0.29) is 5.78 Å². The molecular weight excluding hydrogens is 198 g/mol. The number of Topliss-reactive ketones (excluding diaryl/α,β-unsaturated/α-hetero) is 1. The topological polar surface area (TPSA) is 20.3 Å². The summed E-state index contributed by atoms with van der Waals surface area (Å²) < 4.78 is 0. The van der Waals surface area contributed by atoms with Crippen molar-refractivity contribution in [1.29, 1.82) is 0 Å². The number of ketones is 1. The number of hydrogen-bond donors (Lipinski definition) is 0. The van der Waals surface area contributed by atoms with E-state index in [9.17, 15) is 4.79 Å². The molecular formula is C14H21NO. The fourth-order valence-corrected chi connectivity index (χ4v) is 2.22. The van der Waals surface area contributed by atoms with Gasteiger partial charge in [-0.05, 0) is 51.8 Å². The molecule has 1 aromatic carbocycles. The summed E-state index contributed by atoms with van der Waals surface area (Å²) in [4.78, 5) is 13.9. The molecule has 16 heavy (non-hydrogen) atoms. The first kappa shape index (κ1) is 12.8. The summed E-state index contributed by atoms with van der Waals surface area (Å²) in [5.74, 6) is 0.152. The van der Waals surface area contributed by atoms with Crippen LogP contribution in [0.3, 0.4) is 0 Å². The molecule has 0 atom stereocenters. The van der Waals surface area contributed by atoms with Crippen LogP contribution in [0.15, 0.2) is 12.1 Å². The van der Waals surface area contributed by atoms with Crippen LogP contribution in [-0.4, -0.2) is 18.9 Å². The van der Waals surface area contributed by atoms with Crippen molar-refractivity contribution in [1.82, 2.24) is 0 Å². The molecule has 0 unspecified atom stereocenters. The second-order valence-electron chi connectivity index (χ2n) is 4.20. The molecule has 0 radical (unpaired) electrons. The van der Waals surface area contributed by atoms with Gasteiger partial charge in [-0.1, -0.05) is 6.07 Å². The smallest absolute Gasteiger partial charge is 0.162 e. The molecule has 0 aliphatic carbocycles. The van der Waals surface area contributed by atoms with E-state index in [1.807, 2.05) is 6.92 Å². The van der Waals surface area contributed by atoms with Crippen LogP contribution in [-0.2, 0) is 0 Å². The molecule has 0 aliphatic rings. The highest BCUT2D eigenvalue weighted by molar-refractivity contribution is 6.01. The van der Waals surface area contributed by atoms with E-state index < -0.39 is 0 Å². The third-order valence-electron chi connectivity index (χ3n) is 2.92. The SMILES string of the molecule is CCN(CC)c1cc(C)cc(C)c1C(C)=O. The normalized spacial score (nSPS) is 10.3. The number of benzene rings is 1. The van der Waals surface area contributed by atoms with Crippen molar-refractivity contribution < 1.29 is 4.79 Å². The highest BCUT2D eigenvalue weighted by Gasteiger charge is 2.14. The molecule has 88 valence electrons. The summed E-state index contributed by atoms with van der Waals surface area (Å²) in [7, 11) is 0. The first-order chi connectivity index (χ1) is 7.51. The van der Waals surface area contributed by atoms with E-state index in [1.165, 1.54) is 5.56 Å². The Labute approximate surface area is 98.3 Å². The Hall–Kier alpha value is -1.31. The lowest BCUT2D eigenvalue weighted by molar-refractivity contribution is 0.101. The molecule has 0 bridgehead atoms. The highest BCUT2D eigenvalue weighted by Crippen LogP contribution is 2.26. The van der Waals surface area contributed by atoms with Gasteiger partial charge in [-0.25, -0.2) is 0 Å². The van der Waals surface area contributed by atoms with Crippen LogP contribution in [0.25, 0.3) is 0 Å². The standard InChI is InChI=1S/C14H21NO/c1-6-15(7-2)13-9-10(3)8-11(4)14(13)12(5)16/h8-9H,6-7H2,1-5H3. The predicted octanol–water partition coefficient (Wildman–Crippen LogP) is 3.35.